The summed E-state index contributed by atoms with van der Waals surface area (Å²) in [7, 11) is 0. The second kappa shape index (κ2) is 6.00. The van der Waals surface area contributed by atoms with Crippen LogP contribution in [0, 0.1) is 0 Å². The third-order valence-electron chi connectivity index (χ3n) is 5.07. The lowest BCUT2D eigenvalue weighted by Crippen LogP contribution is -2.43. The predicted molar refractivity (Wildman–Crippen MR) is 88.9 cm³/mol. The first-order chi connectivity index (χ1) is 11.3. The third-order valence-corrected chi connectivity index (χ3v) is 5.07. The van der Waals surface area contributed by atoms with Crippen LogP contribution in [0.15, 0.2) is 23.0 Å². The van der Waals surface area contributed by atoms with E-state index in [2.05, 4.69) is 13.8 Å². The lowest BCUT2D eigenvalue weighted by molar-refractivity contribution is -0.0805. The maximum Gasteiger partial charge on any atom is 0.329 e. The second-order valence-corrected chi connectivity index (χ2v) is 7.16. The topological polar surface area (TPSA) is 108 Å². The normalized spacial score (nSPS) is 20.1. The lowest BCUT2D eigenvalue weighted by atomic mass is 9.79. The van der Waals surface area contributed by atoms with Crippen LogP contribution in [0.2, 0.25) is 0 Å². The standard InChI is InChI=1S/C17H24N2O5/c1-17(2)6-7-18-14-10(17)4-3-5-11(14)19(16(18)24)8-12(21)15(23)13(22)9-20/h3-5,12-13,15,20-23H,6-9H2,1-2H3/t12-,13+,15+/m0/s1. The van der Waals surface area contributed by atoms with Crippen LogP contribution in [0.25, 0.3) is 11.0 Å². The van der Waals surface area contributed by atoms with Gasteiger partial charge in [0.25, 0.3) is 0 Å². The van der Waals surface area contributed by atoms with Crippen molar-refractivity contribution in [1.82, 2.24) is 9.13 Å². The highest BCUT2D eigenvalue weighted by atomic mass is 16.4. The van der Waals surface area contributed by atoms with Crippen LogP contribution >= 0.6 is 0 Å². The third kappa shape index (κ3) is 2.57. The van der Waals surface area contributed by atoms with Gasteiger partial charge in [0.2, 0.25) is 0 Å². The van der Waals surface area contributed by atoms with Crippen LogP contribution in [-0.4, -0.2) is 54.5 Å². The minimum absolute atomic E-state index is 0.0383. The first-order valence-electron chi connectivity index (χ1n) is 8.15. The number of hydrogen-bond acceptors (Lipinski definition) is 5. The van der Waals surface area contributed by atoms with Crippen molar-refractivity contribution < 1.29 is 20.4 Å². The molecule has 24 heavy (non-hydrogen) atoms. The lowest BCUT2D eigenvalue weighted by Gasteiger charge is -2.30. The van der Waals surface area contributed by atoms with Gasteiger partial charge in [0, 0.05) is 6.54 Å². The minimum atomic E-state index is -1.52. The van der Waals surface area contributed by atoms with E-state index >= 15 is 0 Å². The molecule has 4 N–H and O–H groups in total. The Hall–Kier alpha value is -1.67. The van der Waals surface area contributed by atoms with Crippen molar-refractivity contribution in [2.24, 2.45) is 0 Å². The SMILES string of the molecule is CC1(C)CCn2c(=O)n(C[C@H](O)[C@@H](O)[C@H](O)CO)c3cccc1c32. The predicted octanol–water partition coefficient (Wildman–Crippen LogP) is -0.441. The van der Waals surface area contributed by atoms with E-state index in [0.717, 1.165) is 17.5 Å². The number of aromatic nitrogens is 2. The molecule has 0 bridgehead atoms. The van der Waals surface area contributed by atoms with Crippen molar-refractivity contribution >= 4 is 11.0 Å². The molecule has 0 saturated heterocycles. The van der Waals surface area contributed by atoms with Crippen LogP contribution < -0.4 is 5.69 Å². The zero-order valence-electron chi connectivity index (χ0n) is 13.9. The van der Waals surface area contributed by atoms with E-state index in [-0.39, 0.29) is 17.6 Å². The average Bonchev–Trinajstić information content (AvgIpc) is 2.83. The van der Waals surface area contributed by atoms with E-state index in [1.165, 1.54) is 4.57 Å². The van der Waals surface area contributed by atoms with Crippen LogP contribution in [-0.2, 0) is 18.5 Å². The van der Waals surface area contributed by atoms with Gasteiger partial charge in [-0.15, -0.1) is 0 Å². The molecule has 0 fully saturated rings. The summed E-state index contributed by atoms with van der Waals surface area (Å²) in [5.41, 5.74) is 2.38. The molecule has 2 aromatic rings. The fourth-order valence-electron chi connectivity index (χ4n) is 3.49. The van der Waals surface area contributed by atoms with Crippen LogP contribution in [0.5, 0.6) is 0 Å². The summed E-state index contributed by atoms with van der Waals surface area (Å²) >= 11 is 0. The first-order valence-corrected chi connectivity index (χ1v) is 8.15. The van der Waals surface area contributed by atoms with Gasteiger partial charge in [0.15, 0.2) is 0 Å². The molecule has 7 heteroatoms. The molecule has 132 valence electrons. The molecule has 1 aromatic carbocycles. The fourth-order valence-corrected chi connectivity index (χ4v) is 3.49. The smallest absolute Gasteiger partial charge is 0.329 e. The molecule has 0 amide bonds. The molecule has 1 aliphatic rings. The van der Waals surface area contributed by atoms with Gasteiger partial charge >= 0.3 is 5.69 Å². The van der Waals surface area contributed by atoms with Gasteiger partial charge in [-0.2, -0.15) is 0 Å². The molecule has 0 radical (unpaired) electrons. The highest BCUT2D eigenvalue weighted by Gasteiger charge is 2.32. The molecule has 0 saturated carbocycles. The Morgan fingerprint density at radius 1 is 1.21 bits per heavy atom. The number of para-hydroxylation sites is 1. The molecule has 3 atom stereocenters. The van der Waals surface area contributed by atoms with Gasteiger partial charge in [-0.05, 0) is 23.5 Å². The highest BCUT2D eigenvalue weighted by Crippen LogP contribution is 2.36. The van der Waals surface area contributed by atoms with Crippen molar-refractivity contribution in [3.63, 3.8) is 0 Å². The summed E-state index contributed by atoms with van der Waals surface area (Å²) in [5.74, 6) is 0. The highest BCUT2D eigenvalue weighted by molar-refractivity contribution is 5.81. The number of aliphatic hydroxyl groups is 4. The fraction of sp³-hybridized carbons (Fsp3) is 0.588. The van der Waals surface area contributed by atoms with Gasteiger partial charge in [0.1, 0.15) is 18.3 Å². The van der Waals surface area contributed by atoms with E-state index < -0.39 is 24.9 Å². The summed E-state index contributed by atoms with van der Waals surface area (Å²) in [6, 6.07) is 5.72. The Balaban J connectivity index is 2.07. The first kappa shape index (κ1) is 17.2. The summed E-state index contributed by atoms with van der Waals surface area (Å²) in [4.78, 5) is 12.7. The molecule has 3 rings (SSSR count). The van der Waals surface area contributed by atoms with E-state index in [1.807, 2.05) is 18.2 Å². The number of rotatable bonds is 5. The minimum Gasteiger partial charge on any atom is -0.394 e. The number of aliphatic hydroxyl groups excluding tert-OH is 4. The average molecular weight is 336 g/mol. The van der Waals surface area contributed by atoms with Gasteiger partial charge in [-0.1, -0.05) is 26.0 Å². The molecule has 1 aliphatic heterocycles. The number of aryl methyl sites for hydroxylation is 1. The van der Waals surface area contributed by atoms with E-state index in [1.54, 1.807) is 4.57 Å². The maximum atomic E-state index is 12.7. The number of hydrogen-bond donors (Lipinski definition) is 4. The molecule has 0 aliphatic carbocycles. The maximum absolute atomic E-state index is 12.7. The number of imidazole rings is 1. The molecular weight excluding hydrogens is 312 g/mol. The van der Waals surface area contributed by atoms with Crippen molar-refractivity contribution in [2.75, 3.05) is 6.61 Å². The zero-order valence-corrected chi connectivity index (χ0v) is 13.9. The number of benzene rings is 1. The van der Waals surface area contributed by atoms with Crippen LogP contribution in [0.3, 0.4) is 0 Å². The van der Waals surface area contributed by atoms with Crippen molar-refractivity contribution in [3.05, 3.63) is 34.2 Å². The number of nitrogens with zero attached hydrogens (tertiary/aromatic N) is 2. The second-order valence-electron chi connectivity index (χ2n) is 7.16. The zero-order chi connectivity index (χ0) is 17.6. The van der Waals surface area contributed by atoms with E-state index in [9.17, 15) is 20.1 Å². The van der Waals surface area contributed by atoms with Gasteiger partial charge < -0.3 is 20.4 Å². The largest absolute Gasteiger partial charge is 0.394 e. The van der Waals surface area contributed by atoms with Crippen molar-refractivity contribution in [2.45, 2.75) is 57.1 Å². The Morgan fingerprint density at radius 2 is 1.92 bits per heavy atom. The van der Waals surface area contributed by atoms with E-state index in [4.69, 9.17) is 5.11 Å². The molecule has 0 unspecified atom stereocenters. The summed E-state index contributed by atoms with van der Waals surface area (Å²) in [5, 5.41) is 38.4. The molecule has 0 spiro atoms. The Bertz CT molecular complexity index is 807. The molecule has 7 nitrogen and oxygen atoms in total. The van der Waals surface area contributed by atoms with Crippen LogP contribution in [0.1, 0.15) is 25.8 Å². The Labute approximate surface area is 139 Å². The Morgan fingerprint density at radius 3 is 2.58 bits per heavy atom. The molecule has 1 aromatic heterocycles. The van der Waals surface area contributed by atoms with E-state index in [0.29, 0.717) is 12.1 Å². The van der Waals surface area contributed by atoms with Crippen LogP contribution in [0.4, 0.5) is 0 Å². The summed E-state index contributed by atoms with van der Waals surface area (Å²) in [6.45, 7) is 4.08. The van der Waals surface area contributed by atoms with Gasteiger partial charge in [-0.25, -0.2) is 4.79 Å². The summed E-state index contributed by atoms with van der Waals surface area (Å²) in [6.07, 6.45) is -3.49. The monoisotopic (exact) mass is 336 g/mol. The molecule has 2 heterocycles. The van der Waals surface area contributed by atoms with Crippen molar-refractivity contribution in [1.29, 1.82) is 0 Å². The molecular formula is C17H24N2O5. The quantitative estimate of drug-likeness (QED) is 0.592. The Kier molecular flexibility index (Phi) is 4.29. The summed E-state index contributed by atoms with van der Waals surface area (Å²) < 4.78 is 3.13. The van der Waals surface area contributed by atoms with Gasteiger partial charge in [-0.3, -0.25) is 9.13 Å². The van der Waals surface area contributed by atoms with Crippen molar-refractivity contribution in [3.8, 4) is 0 Å². The van der Waals surface area contributed by atoms with Gasteiger partial charge in [0.05, 0.1) is 24.2 Å².